The van der Waals surface area contributed by atoms with Crippen LogP contribution < -0.4 is 0 Å². The van der Waals surface area contributed by atoms with E-state index in [1.54, 1.807) is 0 Å². The van der Waals surface area contributed by atoms with Crippen LogP contribution in [-0.2, 0) is 0 Å². The zero-order valence-electron chi connectivity index (χ0n) is 12.5. The molecule has 18 heavy (non-hydrogen) atoms. The number of rotatable bonds is 14. The molecule has 0 fully saturated rings. The lowest BCUT2D eigenvalue weighted by Gasteiger charge is -2.07. The van der Waals surface area contributed by atoms with Crippen molar-refractivity contribution in [2.75, 3.05) is 0 Å². The van der Waals surface area contributed by atoms with E-state index in [2.05, 4.69) is 13.5 Å². The average molecular weight is 254 g/mol. The van der Waals surface area contributed by atoms with Crippen molar-refractivity contribution in [3.63, 3.8) is 0 Å². The summed E-state index contributed by atoms with van der Waals surface area (Å²) in [5, 5.41) is 9.52. The van der Waals surface area contributed by atoms with E-state index in [-0.39, 0.29) is 6.10 Å². The Kier molecular flexibility index (Phi) is 14.5. The lowest BCUT2D eigenvalue weighted by atomic mass is 10.0. The fourth-order valence-corrected chi connectivity index (χ4v) is 2.35. The van der Waals surface area contributed by atoms with Gasteiger partial charge in [0.25, 0.3) is 0 Å². The second-order valence-corrected chi connectivity index (χ2v) is 5.50. The SMILES string of the molecule is C=CC[C@@H](O)CCCCCCCCCCCCC. The van der Waals surface area contributed by atoms with E-state index >= 15 is 0 Å². The molecule has 0 aliphatic heterocycles. The summed E-state index contributed by atoms with van der Waals surface area (Å²) in [7, 11) is 0. The standard InChI is InChI=1S/C17H34O/c1-3-5-6-7-8-9-10-11-12-13-14-16-17(18)15-4-2/h4,17-18H,2-3,5-16H2,1H3/t17-/m1/s1. The Morgan fingerprint density at radius 3 is 1.72 bits per heavy atom. The summed E-state index contributed by atoms with van der Waals surface area (Å²) in [6.07, 6.45) is 18.4. The van der Waals surface area contributed by atoms with Gasteiger partial charge in [-0.3, -0.25) is 0 Å². The second kappa shape index (κ2) is 14.8. The van der Waals surface area contributed by atoms with Gasteiger partial charge in [-0.1, -0.05) is 83.6 Å². The van der Waals surface area contributed by atoms with Gasteiger partial charge < -0.3 is 5.11 Å². The fraction of sp³-hybridized carbons (Fsp3) is 0.882. The smallest absolute Gasteiger partial charge is 0.0574 e. The third kappa shape index (κ3) is 13.8. The Morgan fingerprint density at radius 1 is 0.833 bits per heavy atom. The first-order chi connectivity index (χ1) is 8.81. The van der Waals surface area contributed by atoms with Gasteiger partial charge in [-0.15, -0.1) is 6.58 Å². The van der Waals surface area contributed by atoms with Crippen LogP contribution in [0.5, 0.6) is 0 Å². The summed E-state index contributed by atoms with van der Waals surface area (Å²) in [5.41, 5.74) is 0. The molecule has 0 heterocycles. The molecule has 0 unspecified atom stereocenters. The minimum atomic E-state index is -0.152. The minimum Gasteiger partial charge on any atom is -0.393 e. The summed E-state index contributed by atoms with van der Waals surface area (Å²) < 4.78 is 0. The normalized spacial score (nSPS) is 12.6. The molecule has 1 nitrogen and oxygen atoms in total. The quantitative estimate of drug-likeness (QED) is 0.315. The summed E-state index contributed by atoms with van der Waals surface area (Å²) in [4.78, 5) is 0. The number of aliphatic hydroxyl groups excluding tert-OH is 1. The molecule has 0 amide bonds. The van der Waals surface area contributed by atoms with Crippen LogP contribution in [0.25, 0.3) is 0 Å². The molecule has 0 aromatic carbocycles. The van der Waals surface area contributed by atoms with Crippen molar-refractivity contribution in [1.82, 2.24) is 0 Å². The summed E-state index contributed by atoms with van der Waals surface area (Å²) in [6, 6.07) is 0. The van der Waals surface area contributed by atoms with Gasteiger partial charge in [0.1, 0.15) is 0 Å². The van der Waals surface area contributed by atoms with Crippen molar-refractivity contribution in [2.45, 2.75) is 96.5 Å². The van der Waals surface area contributed by atoms with Gasteiger partial charge in [-0.25, -0.2) is 0 Å². The highest BCUT2D eigenvalue weighted by molar-refractivity contribution is 4.71. The Morgan fingerprint density at radius 2 is 1.28 bits per heavy atom. The lowest BCUT2D eigenvalue weighted by molar-refractivity contribution is 0.164. The molecule has 0 radical (unpaired) electrons. The molecule has 1 heteroatoms. The Hall–Kier alpha value is -0.300. The molecule has 0 saturated heterocycles. The number of hydrogen-bond acceptors (Lipinski definition) is 1. The molecular weight excluding hydrogens is 220 g/mol. The van der Waals surface area contributed by atoms with Gasteiger partial charge in [0.15, 0.2) is 0 Å². The summed E-state index contributed by atoms with van der Waals surface area (Å²) in [5.74, 6) is 0. The zero-order valence-corrected chi connectivity index (χ0v) is 12.5. The molecule has 0 saturated carbocycles. The topological polar surface area (TPSA) is 20.2 Å². The van der Waals surface area contributed by atoms with E-state index in [1.165, 1.54) is 70.6 Å². The molecule has 0 aliphatic rings. The zero-order chi connectivity index (χ0) is 13.5. The molecule has 0 aliphatic carbocycles. The highest BCUT2D eigenvalue weighted by Gasteiger charge is 2.00. The van der Waals surface area contributed by atoms with Crippen molar-refractivity contribution in [2.24, 2.45) is 0 Å². The predicted octanol–water partition coefficient (Wildman–Crippen LogP) is 5.62. The Labute approximate surface area is 115 Å². The molecular formula is C17H34O. The van der Waals surface area contributed by atoms with Crippen molar-refractivity contribution in [1.29, 1.82) is 0 Å². The van der Waals surface area contributed by atoms with Gasteiger partial charge >= 0.3 is 0 Å². The maximum Gasteiger partial charge on any atom is 0.0574 e. The first kappa shape index (κ1) is 17.7. The average Bonchev–Trinajstić information content (AvgIpc) is 2.36. The van der Waals surface area contributed by atoms with Gasteiger partial charge in [-0.2, -0.15) is 0 Å². The van der Waals surface area contributed by atoms with E-state index in [0.29, 0.717) is 0 Å². The molecule has 0 aromatic rings. The number of unbranched alkanes of at least 4 members (excludes halogenated alkanes) is 10. The highest BCUT2D eigenvalue weighted by Crippen LogP contribution is 2.13. The first-order valence-electron chi connectivity index (χ1n) is 8.10. The van der Waals surface area contributed by atoms with Crippen LogP contribution in [0.1, 0.15) is 90.4 Å². The largest absolute Gasteiger partial charge is 0.393 e. The van der Waals surface area contributed by atoms with E-state index in [0.717, 1.165) is 12.8 Å². The predicted molar refractivity (Wildman–Crippen MR) is 81.9 cm³/mol. The number of hydrogen-bond donors (Lipinski definition) is 1. The lowest BCUT2D eigenvalue weighted by Crippen LogP contribution is -2.03. The molecule has 1 N–H and O–H groups in total. The highest BCUT2D eigenvalue weighted by atomic mass is 16.3. The van der Waals surface area contributed by atoms with Crippen LogP contribution in [0.3, 0.4) is 0 Å². The van der Waals surface area contributed by atoms with E-state index in [9.17, 15) is 5.11 Å². The van der Waals surface area contributed by atoms with Crippen LogP contribution in [0, 0.1) is 0 Å². The third-order valence-electron chi connectivity index (χ3n) is 3.58. The van der Waals surface area contributed by atoms with Crippen molar-refractivity contribution in [3.05, 3.63) is 12.7 Å². The van der Waals surface area contributed by atoms with Crippen LogP contribution in [-0.4, -0.2) is 11.2 Å². The Balaban J connectivity index is 3.00. The maximum absolute atomic E-state index is 9.52. The van der Waals surface area contributed by atoms with Gasteiger partial charge in [-0.05, 0) is 12.8 Å². The molecule has 0 aromatic heterocycles. The van der Waals surface area contributed by atoms with E-state index in [4.69, 9.17) is 0 Å². The fourth-order valence-electron chi connectivity index (χ4n) is 2.35. The first-order valence-corrected chi connectivity index (χ1v) is 8.10. The molecule has 1 atom stereocenters. The van der Waals surface area contributed by atoms with Crippen molar-refractivity contribution < 1.29 is 5.11 Å². The second-order valence-electron chi connectivity index (χ2n) is 5.50. The molecule has 0 spiro atoms. The van der Waals surface area contributed by atoms with Gasteiger partial charge in [0.2, 0.25) is 0 Å². The monoisotopic (exact) mass is 254 g/mol. The molecule has 0 bridgehead atoms. The van der Waals surface area contributed by atoms with Crippen molar-refractivity contribution in [3.8, 4) is 0 Å². The van der Waals surface area contributed by atoms with E-state index < -0.39 is 0 Å². The molecule has 0 rings (SSSR count). The van der Waals surface area contributed by atoms with Gasteiger partial charge in [0.05, 0.1) is 6.10 Å². The van der Waals surface area contributed by atoms with Crippen LogP contribution in [0.4, 0.5) is 0 Å². The summed E-state index contributed by atoms with van der Waals surface area (Å²) >= 11 is 0. The van der Waals surface area contributed by atoms with Crippen LogP contribution in [0.15, 0.2) is 12.7 Å². The van der Waals surface area contributed by atoms with Crippen LogP contribution in [0.2, 0.25) is 0 Å². The maximum atomic E-state index is 9.52. The minimum absolute atomic E-state index is 0.152. The van der Waals surface area contributed by atoms with E-state index in [1.807, 2.05) is 6.08 Å². The Bertz CT molecular complexity index is 165. The van der Waals surface area contributed by atoms with Gasteiger partial charge in [0, 0.05) is 0 Å². The van der Waals surface area contributed by atoms with Crippen LogP contribution >= 0.6 is 0 Å². The third-order valence-corrected chi connectivity index (χ3v) is 3.58. The number of aliphatic hydroxyl groups is 1. The molecule has 108 valence electrons. The summed E-state index contributed by atoms with van der Waals surface area (Å²) in [6.45, 7) is 5.92. The van der Waals surface area contributed by atoms with Crippen molar-refractivity contribution >= 4 is 0 Å².